The number of methoxy groups -OCH3 is 1. The van der Waals surface area contributed by atoms with Crippen molar-refractivity contribution >= 4 is 11.9 Å². The maximum absolute atomic E-state index is 12.5. The standard InChI is InChI=1S/C23H27NO4/c1-28-20-11-5-4-10-19(20)23(14-6-7-15-23)16-24-21(25)13-12-17-8-2-3-9-18(17)22(26)27/h2-5,8-11H,6-7,12-16H2,1H3,(H,24,25)(H,26,27). The number of nitrogens with one attached hydrogen (secondary N) is 1. The van der Waals surface area contributed by atoms with Crippen LogP contribution in [0.5, 0.6) is 5.75 Å². The van der Waals surface area contributed by atoms with E-state index in [2.05, 4.69) is 11.4 Å². The van der Waals surface area contributed by atoms with E-state index in [-0.39, 0.29) is 23.3 Å². The van der Waals surface area contributed by atoms with Crippen LogP contribution in [0.2, 0.25) is 0 Å². The van der Waals surface area contributed by atoms with Gasteiger partial charge in [-0.1, -0.05) is 49.2 Å². The van der Waals surface area contributed by atoms with Gasteiger partial charge in [-0.2, -0.15) is 0 Å². The van der Waals surface area contributed by atoms with Crippen molar-refractivity contribution in [2.75, 3.05) is 13.7 Å². The van der Waals surface area contributed by atoms with Crippen molar-refractivity contribution in [2.45, 2.75) is 43.9 Å². The topological polar surface area (TPSA) is 75.6 Å². The number of carbonyl (C=O) groups is 2. The van der Waals surface area contributed by atoms with Crippen LogP contribution in [-0.4, -0.2) is 30.6 Å². The molecule has 5 heteroatoms. The quantitative estimate of drug-likeness (QED) is 0.726. The molecule has 0 spiro atoms. The van der Waals surface area contributed by atoms with Gasteiger partial charge < -0.3 is 15.2 Å². The van der Waals surface area contributed by atoms with Crippen LogP contribution in [0.15, 0.2) is 48.5 Å². The lowest BCUT2D eigenvalue weighted by atomic mass is 9.78. The fraction of sp³-hybridized carbons (Fsp3) is 0.391. The predicted octanol–water partition coefficient (Wildman–Crippen LogP) is 3.95. The van der Waals surface area contributed by atoms with E-state index < -0.39 is 5.97 Å². The zero-order chi connectivity index (χ0) is 20.0. The van der Waals surface area contributed by atoms with Gasteiger partial charge in [0.25, 0.3) is 0 Å². The number of carbonyl (C=O) groups excluding carboxylic acids is 1. The van der Waals surface area contributed by atoms with E-state index in [1.807, 2.05) is 18.2 Å². The Hall–Kier alpha value is -2.82. The monoisotopic (exact) mass is 381 g/mol. The number of aryl methyl sites for hydroxylation is 1. The molecule has 2 N–H and O–H groups in total. The van der Waals surface area contributed by atoms with Gasteiger partial charge in [0.15, 0.2) is 0 Å². The third-order valence-corrected chi connectivity index (χ3v) is 5.73. The number of benzene rings is 2. The summed E-state index contributed by atoms with van der Waals surface area (Å²) < 4.78 is 5.56. The number of amides is 1. The normalized spacial score (nSPS) is 15.2. The van der Waals surface area contributed by atoms with Gasteiger partial charge in [-0.15, -0.1) is 0 Å². The molecule has 0 bridgehead atoms. The van der Waals surface area contributed by atoms with Gasteiger partial charge in [0.05, 0.1) is 12.7 Å². The average Bonchev–Trinajstić information content (AvgIpc) is 3.21. The molecule has 1 amide bonds. The zero-order valence-corrected chi connectivity index (χ0v) is 16.2. The molecule has 0 unspecified atom stereocenters. The number of ether oxygens (including phenoxy) is 1. The van der Waals surface area contributed by atoms with E-state index in [1.165, 1.54) is 0 Å². The van der Waals surface area contributed by atoms with Gasteiger partial charge in [-0.3, -0.25) is 4.79 Å². The van der Waals surface area contributed by atoms with E-state index in [9.17, 15) is 14.7 Å². The molecule has 1 aliphatic carbocycles. The molecule has 0 radical (unpaired) electrons. The highest BCUT2D eigenvalue weighted by Crippen LogP contribution is 2.44. The molecule has 0 saturated heterocycles. The Kier molecular flexibility index (Phi) is 6.34. The molecule has 1 aliphatic rings. The van der Waals surface area contributed by atoms with Crippen LogP contribution >= 0.6 is 0 Å². The first-order valence-corrected chi connectivity index (χ1v) is 9.77. The first-order chi connectivity index (χ1) is 13.6. The number of aromatic carboxylic acids is 1. The number of rotatable bonds is 8. The van der Waals surface area contributed by atoms with Crippen molar-refractivity contribution in [3.8, 4) is 5.75 Å². The lowest BCUT2D eigenvalue weighted by Crippen LogP contribution is -2.39. The molecule has 0 aromatic heterocycles. The summed E-state index contributed by atoms with van der Waals surface area (Å²) in [7, 11) is 1.68. The third-order valence-electron chi connectivity index (χ3n) is 5.73. The average molecular weight is 381 g/mol. The van der Waals surface area contributed by atoms with E-state index in [0.717, 1.165) is 37.0 Å². The Labute approximate surface area is 165 Å². The summed E-state index contributed by atoms with van der Waals surface area (Å²) in [6.07, 6.45) is 5.01. The molecule has 0 aliphatic heterocycles. The Bertz CT molecular complexity index is 840. The van der Waals surface area contributed by atoms with Crippen LogP contribution < -0.4 is 10.1 Å². The van der Waals surface area contributed by atoms with Crippen molar-refractivity contribution in [1.82, 2.24) is 5.32 Å². The zero-order valence-electron chi connectivity index (χ0n) is 16.2. The van der Waals surface area contributed by atoms with Crippen LogP contribution in [-0.2, 0) is 16.6 Å². The Morgan fingerprint density at radius 2 is 1.75 bits per heavy atom. The molecule has 1 fully saturated rings. The highest BCUT2D eigenvalue weighted by Gasteiger charge is 2.37. The maximum Gasteiger partial charge on any atom is 0.335 e. The summed E-state index contributed by atoms with van der Waals surface area (Å²) in [5.41, 5.74) is 2.01. The Morgan fingerprint density at radius 1 is 1.07 bits per heavy atom. The van der Waals surface area contributed by atoms with Crippen LogP contribution in [0.25, 0.3) is 0 Å². The number of carboxylic acid groups (broad SMARTS) is 1. The van der Waals surface area contributed by atoms with Crippen LogP contribution in [0, 0.1) is 0 Å². The SMILES string of the molecule is COc1ccccc1C1(CNC(=O)CCc2ccccc2C(=O)O)CCCC1. The van der Waals surface area contributed by atoms with E-state index >= 15 is 0 Å². The molecular formula is C23H27NO4. The second-order valence-corrected chi connectivity index (χ2v) is 7.43. The molecule has 0 atom stereocenters. The van der Waals surface area contributed by atoms with Crippen molar-refractivity contribution in [2.24, 2.45) is 0 Å². The van der Waals surface area contributed by atoms with Gasteiger partial charge in [0.2, 0.25) is 5.91 Å². The first-order valence-electron chi connectivity index (χ1n) is 9.77. The molecule has 2 aromatic carbocycles. The lowest BCUT2D eigenvalue weighted by Gasteiger charge is -2.31. The molecule has 148 valence electrons. The van der Waals surface area contributed by atoms with Crippen LogP contribution in [0.1, 0.15) is 53.6 Å². The fourth-order valence-corrected chi connectivity index (χ4v) is 4.23. The van der Waals surface area contributed by atoms with Gasteiger partial charge >= 0.3 is 5.97 Å². The summed E-state index contributed by atoms with van der Waals surface area (Å²) in [6.45, 7) is 0.576. The van der Waals surface area contributed by atoms with Gasteiger partial charge in [-0.25, -0.2) is 4.79 Å². The van der Waals surface area contributed by atoms with E-state index in [0.29, 0.717) is 18.5 Å². The molecule has 2 aromatic rings. The maximum atomic E-state index is 12.5. The van der Waals surface area contributed by atoms with Crippen molar-refractivity contribution in [1.29, 1.82) is 0 Å². The van der Waals surface area contributed by atoms with Crippen molar-refractivity contribution in [3.63, 3.8) is 0 Å². The minimum atomic E-state index is -0.961. The van der Waals surface area contributed by atoms with E-state index in [4.69, 9.17) is 4.74 Å². The minimum Gasteiger partial charge on any atom is -0.496 e. The Morgan fingerprint density at radius 3 is 2.46 bits per heavy atom. The molecule has 28 heavy (non-hydrogen) atoms. The summed E-state index contributed by atoms with van der Waals surface area (Å²) in [5.74, 6) is -0.146. The van der Waals surface area contributed by atoms with E-state index in [1.54, 1.807) is 31.4 Å². The second kappa shape index (κ2) is 8.91. The van der Waals surface area contributed by atoms with Crippen LogP contribution in [0.3, 0.4) is 0 Å². The van der Waals surface area contributed by atoms with Crippen molar-refractivity contribution in [3.05, 3.63) is 65.2 Å². The first kappa shape index (κ1) is 19.9. The summed E-state index contributed by atoms with van der Waals surface area (Å²) in [6, 6.07) is 14.9. The molecule has 1 saturated carbocycles. The third kappa shape index (κ3) is 4.35. The number of hydrogen-bond donors (Lipinski definition) is 2. The molecule has 0 heterocycles. The summed E-state index contributed by atoms with van der Waals surface area (Å²) in [5, 5.41) is 12.4. The fourth-order valence-electron chi connectivity index (χ4n) is 4.23. The van der Waals surface area contributed by atoms with Crippen molar-refractivity contribution < 1.29 is 19.4 Å². The predicted molar refractivity (Wildman–Crippen MR) is 108 cm³/mol. The second-order valence-electron chi connectivity index (χ2n) is 7.43. The van der Waals surface area contributed by atoms with Crippen LogP contribution in [0.4, 0.5) is 0 Å². The number of carboxylic acids is 1. The smallest absolute Gasteiger partial charge is 0.335 e. The molecule has 3 rings (SSSR count). The van der Waals surface area contributed by atoms with Gasteiger partial charge in [-0.05, 0) is 37.0 Å². The Balaban J connectivity index is 1.65. The summed E-state index contributed by atoms with van der Waals surface area (Å²) in [4.78, 5) is 23.8. The highest BCUT2D eigenvalue weighted by atomic mass is 16.5. The minimum absolute atomic E-state index is 0.0543. The lowest BCUT2D eigenvalue weighted by molar-refractivity contribution is -0.121. The van der Waals surface area contributed by atoms with Gasteiger partial charge in [0.1, 0.15) is 5.75 Å². The molecule has 5 nitrogen and oxygen atoms in total. The number of hydrogen-bond acceptors (Lipinski definition) is 3. The molecular weight excluding hydrogens is 354 g/mol. The number of para-hydroxylation sites is 1. The van der Waals surface area contributed by atoms with Gasteiger partial charge in [0, 0.05) is 23.9 Å². The summed E-state index contributed by atoms with van der Waals surface area (Å²) >= 11 is 0. The largest absolute Gasteiger partial charge is 0.496 e. The highest BCUT2D eigenvalue weighted by molar-refractivity contribution is 5.89.